The van der Waals surface area contributed by atoms with Crippen LogP contribution in [0.1, 0.15) is 25.3 Å². The van der Waals surface area contributed by atoms with E-state index < -0.39 is 10.0 Å². The zero-order valence-electron chi connectivity index (χ0n) is 11.9. The van der Waals surface area contributed by atoms with Crippen molar-refractivity contribution in [2.24, 2.45) is 0 Å². The van der Waals surface area contributed by atoms with E-state index in [9.17, 15) is 13.5 Å². The first kappa shape index (κ1) is 15.4. The van der Waals surface area contributed by atoms with Gasteiger partial charge in [0.15, 0.2) is 0 Å². The number of phenols is 1. The van der Waals surface area contributed by atoms with E-state index in [-0.39, 0.29) is 10.6 Å². The summed E-state index contributed by atoms with van der Waals surface area (Å²) in [7, 11) is -3.62. The molecule has 0 aromatic heterocycles. The molecule has 0 heterocycles. The van der Waals surface area contributed by atoms with Crippen molar-refractivity contribution in [1.29, 1.82) is 0 Å². The number of anilines is 1. The Labute approximate surface area is 125 Å². The Morgan fingerprint density at radius 1 is 1.00 bits per heavy atom. The van der Waals surface area contributed by atoms with Crippen LogP contribution < -0.4 is 4.72 Å². The monoisotopic (exact) mass is 305 g/mol. The van der Waals surface area contributed by atoms with E-state index in [1.807, 2.05) is 12.1 Å². The number of phenolic OH excluding ortho intramolecular Hbond substituents is 1. The molecule has 0 unspecified atom stereocenters. The number of nitrogens with one attached hydrogen (secondary N) is 1. The first-order valence-electron chi connectivity index (χ1n) is 6.92. The van der Waals surface area contributed by atoms with Crippen molar-refractivity contribution in [3.05, 3.63) is 54.1 Å². The lowest BCUT2D eigenvalue weighted by Crippen LogP contribution is -2.12. The molecule has 0 aliphatic carbocycles. The van der Waals surface area contributed by atoms with Crippen LogP contribution in [0.2, 0.25) is 0 Å². The van der Waals surface area contributed by atoms with Crippen LogP contribution in [0.15, 0.2) is 53.4 Å². The van der Waals surface area contributed by atoms with Crippen molar-refractivity contribution >= 4 is 15.7 Å². The largest absolute Gasteiger partial charge is 0.508 e. The minimum atomic E-state index is -3.62. The van der Waals surface area contributed by atoms with Crippen LogP contribution in [-0.2, 0) is 16.4 Å². The third-order valence-corrected chi connectivity index (χ3v) is 4.57. The first-order valence-corrected chi connectivity index (χ1v) is 8.40. The number of unbranched alkanes of at least 4 members (excludes halogenated alkanes) is 1. The standard InChI is InChI=1S/C16H19NO3S/c1-2-3-4-13-5-7-14(8-6-13)17-21(19,20)16-11-9-15(18)10-12-16/h5-12,17-18H,2-4H2,1H3. The predicted octanol–water partition coefficient (Wildman–Crippen LogP) is 3.54. The van der Waals surface area contributed by atoms with Crippen molar-refractivity contribution in [3.8, 4) is 5.75 Å². The van der Waals surface area contributed by atoms with Crippen LogP contribution in [0.5, 0.6) is 5.75 Å². The maximum atomic E-state index is 12.2. The highest BCUT2D eigenvalue weighted by Crippen LogP contribution is 2.19. The van der Waals surface area contributed by atoms with E-state index >= 15 is 0 Å². The second kappa shape index (κ2) is 6.63. The summed E-state index contributed by atoms with van der Waals surface area (Å²) in [6, 6.07) is 12.8. The van der Waals surface area contributed by atoms with Gasteiger partial charge in [0.05, 0.1) is 4.90 Å². The van der Waals surface area contributed by atoms with Crippen molar-refractivity contribution < 1.29 is 13.5 Å². The van der Waals surface area contributed by atoms with Gasteiger partial charge in [-0.3, -0.25) is 4.72 Å². The highest BCUT2D eigenvalue weighted by molar-refractivity contribution is 7.92. The molecule has 2 rings (SSSR count). The topological polar surface area (TPSA) is 66.4 Å². The molecule has 2 aromatic carbocycles. The minimum absolute atomic E-state index is 0.0363. The van der Waals surface area contributed by atoms with E-state index in [2.05, 4.69) is 11.6 Å². The lowest BCUT2D eigenvalue weighted by Gasteiger charge is -2.09. The SMILES string of the molecule is CCCCc1ccc(NS(=O)(=O)c2ccc(O)cc2)cc1. The number of rotatable bonds is 6. The number of hydrogen-bond acceptors (Lipinski definition) is 3. The quantitative estimate of drug-likeness (QED) is 0.858. The van der Waals surface area contributed by atoms with Gasteiger partial charge in [-0.25, -0.2) is 8.42 Å². The zero-order valence-corrected chi connectivity index (χ0v) is 12.7. The van der Waals surface area contributed by atoms with Crippen molar-refractivity contribution in [3.63, 3.8) is 0 Å². The molecule has 5 heteroatoms. The Hall–Kier alpha value is -2.01. The molecule has 21 heavy (non-hydrogen) atoms. The van der Waals surface area contributed by atoms with Gasteiger partial charge >= 0.3 is 0 Å². The lowest BCUT2D eigenvalue weighted by atomic mass is 10.1. The Morgan fingerprint density at radius 3 is 2.19 bits per heavy atom. The minimum Gasteiger partial charge on any atom is -0.508 e. The number of aryl methyl sites for hydroxylation is 1. The molecule has 0 bridgehead atoms. The summed E-state index contributed by atoms with van der Waals surface area (Å²) in [4.78, 5) is 0.121. The third kappa shape index (κ3) is 4.23. The van der Waals surface area contributed by atoms with Gasteiger partial charge in [0, 0.05) is 5.69 Å². The molecule has 0 aliphatic rings. The molecule has 0 amide bonds. The molecule has 0 saturated heterocycles. The van der Waals surface area contributed by atoms with E-state index in [1.165, 1.54) is 29.8 Å². The first-order chi connectivity index (χ1) is 10.0. The second-order valence-electron chi connectivity index (χ2n) is 4.90. The Kier molecular flexibility index (Phi) is 4.85. The molecule has 0 spiro atoms. The fourth-order valence-corrected chi connectivity index (χ4v) is 3.02. The Morgan fingerprint density at radius 2 is 1.62 bits per heavy atom. The predicted molar refractivity (Wildman–Crippen MR) is 84.0 cm³/mol. The van der Waals surface area contributed by atoms with Gasteiger partial charge in [-0.15, -0.1) is 0 Å². The van der Waals surface area contributed by atoms with E-state index in [0.717, 1.165) is 19.3 Å². The van der Waals surface area contributed by atoms with Gasteiger partial charge < -0.3 is 5.11 Å². The van der Waals surface area contributed by atoms with Crippen molar-refractivity contribution in [2.75, 3.05) is 4.72 Å². The normalized spacial score (nSPS) is 11.3. The summed E-state index contributed by atoms with van der Waals surface area (Å²) >= 11 is 0. The summed E-state index contributed by atoms with van der Waals surface area (Å²) in [6.45, 7) is 2.14. The molecule has 0 fully saturated rings. The molecule has 4 nitrogen and oxygen atoms in total. The number of aromatic hydroxyl groups is 1. The molecular formula is C16H19NO3S. The molecule has 2 N–H and O–H groups in total. The van der Waals surface area contributed by atoms with Gasteiger partial charge in [0.2, 0.25) is 0 Å². The van der Waals surface area contributed by atoms with E-state index in [0.29, 0.717) is 5.69 Å². The average Bonchev–Trinajstić information content (AvgIpc) is 2.47. The van der Waals surface area contributed by atoms with Crippen LogP contribution in [0, 0.1) is 0 Å². The summed E-state index contributed by atoms with van der Waals surface area (Å²) in [5.41, 5.74) is 1.73. The third-order valence-electron chi connectivity index (χ3n) is 3.17. The van der Waals surface area contributed by atoms with Gasteiger partial charge in [-0.1, -0.05) is 25.5 Å². The highest BCUT2D eigenvalue weighted by atomic mass is 32.2. The summed E-state index contributed by atoms with van der Waals surface area (Å²) < 4.78 is 26.9. The number of benzene rings is 2. The summed E-state index contributed by atoms with van der Waals surface area (Å²) in [5.74, 6) is 0.0363. The van der Waals surface area contributed by atoms with Crippen molar-refractivity contribution in [2.45, 2.75) is 31.1 Å². The van der Waals surface area contributed by atoms with Gasteiger partial charge in [-0.05, 0) is 54.8 Å². The van der Waals surface area contributed by atoms with Crippen molar-refractivity contribution in [1.82, 2.24) is 0 Å². The molecule has 0 saturated carbocycles. The molecule has 0 aliphatic heterocycles. The average molecular weight is 305 g/mol. The van der Waals surface area contributed by atoms with Gasteiger partial charge in [0.1, 0.15) is 5.75 Å². The van der Waals surface area contributed by atoms with Crippen LogP contribution in [-0.4, -0.2) is 13.5 Å². The zero-order chi connectivity index (χ0) is 15.3. The highest BCUT2D eigenvalue weighted by Gasteiger charge is 2.13. The molecular weight excluding hydrogens is 286 g/mol. The second-order valence-corrected chi connectivity index (χ2v) is 6.58. The maximum absolute atomic E-state index is 12.2. The maximum Gasteiger partial charge on any atom is 0.261 e. The van der Waals surface area contributed by atoms with Gasteiger partial charge in [0.25, 0.3) is 10.0 Å². The lowest BCUT2D eigenvalue weighted by molar-refractivity contribution is 0.475. The Bertz CT molecular complexity index is 676. The van der Waals surface area contributed by atoms with Crippen LogP contribution in [0.4, 0.5) is 5.69 Å². The summed E-state index contributed by atoms with van der Waals surface area (Å²) in [5, 5.41) is 9.20. The van der Waals surface area contributed by atoms with Crippen LogP contribution >= 0.6 is 0 Å². The Balaban J connectivity index is 2.11. The molecule has 2 aromatic rings. The van der Waals surface area contributed by atoms with E-state index in [4.69, 9.17) is 0 Å². The van der Waals surface area contributed by atoms with E-state index in [1.54, 1.807) is 12.1 Å². The molecule has 0 atom stereocenters. The van der Waals surface area contributed by atoms with Crippen LogP contribution in [0.3, 0.4) is 0 Å². The number of sulfonamides is 1. The summed E-state index contributed by atoms with van der Waals surface area (Å²) in [6.07, 6.45) is 3.26. The smallest absolute Gasteiger partial charge is 0.261 e. The fourth-order valence-electron chi connectivity index (χ4n) is 1.96. The number of hydrogen-bond donors (Lipinski definition) is 2. The molecule has 112 valence electrons. The van der Waals surface area contributed by atoms with Gasteiger partial charge in [-0.2, -0.15) is 0 Å². The fraction of sp³-hybridized carbons (Fsp3) is 0.250. The molecule has 0 radical (unpaired) electrons. The van der Waals surface area contributed by atoms with Crippen LogP contribution in [0.25, 0.3) is 0 Å².